The molecule has 0 amide bonds. The van der Waals surface area contributed by atoms with Crippen molar-refractivity contribution in [1.29, 1.82) is 0 Å². The molecule has 1 heterocycles. The van der Waals surface area contributed by atoms with E-state index in [0.717, 1.165) is 50.2 Å². The Bertz CT molecular complexity index is 882. The molecule has 0 spiro atoms. The number of hydrogen-bond donors (Lipinski definition) is 3. The van der Waals surface area contributed by atoms with Crippen molar-refractivity contribution < 1.29 is 25.0 Å². The summed E-state index contributed by atoms with van der Waals surface area (Å²) in [6, 6.07) is 0. The van der Waals surface area contributed by atoms with Crippen LogP contribution in [0.3, 0.4) is 0 Å². The molecule has 5 aliphatic rings. The van der Waals surface area contributed by atoms with Gasteiger partial charge in [0.15, 0.2) is 5.78 Å². The van der Waals surface area contributed by atoms with Crippen molar-refractivity contribution in [3.8, 4) is 0 Å². The zero-order valence-corrected chi connectivity index (χ0v) is 21.0. The summed E-state index contributed by atoms with van der Waals surface area (Å²) in [4.78, 5) is 21.4. The van der Waals surface area contributed by atoms with Crippen molar-refractivity contribution in [2.75, 3.05) is 26.2 Å². The molecule has 0 aromatic heterocycles. The molecule has 7 nitrogen and oxygen atoms in total. The highest BCUT2D eigenvalue weighted by Crippen LogP contribution is 2.67. The molecule has 7 unspecified atom stereocenters. The summed E-state index contributed by atoms with van der Waals surface area (Å²) in [6.07, 6.45) is 6.39. The summed E-state index contributed by atoms with van der Waals surface area (Å²) < 4.78 is 0. The van der Waals surface area contributed by atoms with Crippen LogP contribution >= 0.6 is 0 Å². The average molecular weight is 475 g/mol. The van der Waals surface area contributed by atoms with Crippen LogP contribution in [0.25, 0.3) is 0 Å². The molecule has 3 N–H and O–H groups in total. The highest BCUT2D eigenvalue weighted by atomic mass is 16.6. The van der Waals surface area contributed by atoms with Crippen LogP contribution in [-0.4, -0.2) is 75.8 Å². The van der Waals surface area contributed by atoms with Gasteiger partial charge in [-0.2, -0.15) is 0 Å². The van der Waals surface area contributed by atoms with Crippen LogP contribution in [0.4, 0.5) is 0 Å². The number of oxime groups is 1. The fourth-order valence-electron chi connectivity index (χ4n) is 8.43. The largest absolute Gasteiger partial charge is 0.394 e. The number of rotatable bonds is 5. The molecule has 190 valence electrons. The van der Waals surface area contributed by atoms with E-state index in [1.54, 1.807) is 6.08 Å². The molecule has 4 aliphatic carbocycles. The predicted octanol–water partition coefficient (Wildman–Crippen LogP) is 2.68. The maximum absolute atomic E-state index is 13.2. The lowest BCUT2D eigenvalue weighted by molar-refractivity contribution is -0.151. The number of ketones is 1. The van der Waals surface area contributed by atoms with Gasteiger partial charge in [-0.25, -0.2) is 0 Å². The highest BCUT2D eigenvalue weighted by Gasteiger charge is 2.66. The molecule has 5 rings (SSSR count). The molecule has 8 atom stereocenters. The first-order valence-corrected chi connectivity index (χ1v) is 13.3. The molecule has 0 aromatic rings. The Hall–Kier alpha value is -1.28. The standard InChI is InChI=1S/C27H42N2O5/c1-17(28-34-13-12-29-10-4-5-11-29)18-7-9-27(33)20-14-22(30)21-15-23(31)24(32)16-25(21,2)19(20)6-8-26(18,27)3/h14,18-19,21,23-24,31-33H,4-13,15-16H2,1-3H3/b28-17-/t18?,19?,21?,23?,24?,25?,26?,27-/m1/s1. The number of carbonyl (C=O) groups is 1. The third-order valence-corrected chi connectivity index (χ3v) is 10.5. The van der Waals surface area contributed by atoms with E-state index in [9.17, 15) is 20.1 Å². The Morgan fingerprint density at radius 2 is 1.88 bits per heavy atom. The summed E-state index contributed by atoms with van der Waals surface area (Å²) in [5.74, 6) is -0.151. The smallest absolute Gasteiger partial charge is 0.159 e. The number of carbonyl (C=O) groups excluding carboxylic acids is 1. The van der Waals surface area contributed by atoms with Crippen LogP contribution < -0.4 is 0 Å². The molecular weight excluding hydrogens is 432 g/mol. The zero-order chi connectivity index (χ0) is 24.3. The predicted molar refractivity (Wildman–Crippen MR) is 129 cm³/mol. The molecular formula is C27H42N2O5. The number of likely N-dealkylation sites (tertiary alicyclic amines) is 1. The molecule has 3 saturated carbocycles. The van der Waals surface area contributed by atoms with Gasteiger partial charge in [0.25, 0.3) is 0 Å². The SMILES string of the molecule is C/C(=N/OCCN1CCCC1)C1CC[C@@]2(O)C3=CC(=O)C4CC(O)C(O)CC4(C)C3CCC12C. The summed E-state index contributed by atoms with van der Waals surface area (Å²) in [7, 11) is 0. The van der Waals surface area contributed by atoms with E-state index >= 15 is 0 Å². The number of fused-ring (bicyclic) bond motifs is 5. The topological polar surface area (TPSA) is 103 Å². The lowest BCUT2D eigenvalue weighted by atomic mass is 9.46. The van der Waals surface area contributed by atoms with Crippen molar-refractivity contribution in [3.05, 3.63) is 11.6 Å². The van der Waals surface area contributed by atoms with Gasteiger partial charge in [-0.1, -0.05) is 19.0 Å². The summed E-state index contributed by atoms with van der Waals surface area (Å²) in [5, 5.41) is 37.4. The highest BCUT2D eigenvalue weighted by molar-refractivity contribution is 5.95. The first-order chi connectivity index (χ1) is 16.1. The minimum atomic E-state index is -1.06. The van der Waals surface area contributed by atoms with Gasteiger partial charge in [0.2, 0.25) is 0 Å². The van der Waals surface area contributed by atoms with Crippen LogP contribution in [0, 0.1) is 28.6 Å². The van der Waals surface area contributed by atoms with Gasteiger partial charge in [-0.05, 0) is 94.4 Å². The fraction of sp³-hybridized carbons (Fsp3) is 0.852. The Morgan fingerprint density at radius 3 is 2.62 bits per heavy atom. The van der Waals surface area contributed by atoms with Gasteiger partial charge in [-0.3, -0.25) is 9.69 Å². The average Bonchev–Trinajstić information content (AvgIpc) is 3.39. The Kier molecular flexibility index (Phi) is 6.23. The van der Waals surface area contributed by atoms with Crippen molar-refractivity contribution in [3.63, 3.8) is 0 Å². The minimum absolute atomic E-state index is 0.00328. The van der Waals surface area contributed by atoms with Crippen LogP contribution in [0.15, 0.2) is 16.8 Å². The molecule has 1 aliphatic heterocycles. The number of hydrogen-bond acceptors (Lipinski definition) is 7. The fourth-order valence-corrected chi connectivity index (χ4v) is 8.43. The third-order valence-electron chi connectivity index (χ3n) is 10.5. The summed E-state index contributed by atoms with van der Waals surface area (Å²) in [6.45, 7) is 10.0. The minimum Gasteiger partial charge on any atom is -0.394 e. The van der Waals surface area contributed by atoms with Gasteiger partial charge in [0.05, 0.1) is 23.5 Å². The van der Waals surface area contributed by atoms with Gasteiger partial charge in [0, 0.05) is 23.8 Å². The summed E-state index contributed by atoms with van der Waals surface area (Å²) in [5.41, 5.74) is -0.105. The van der Waals surface area contributed by atoms with Crippen molar-refractivity contribution in [1.82, 2.24) is 4.90 Å². The van der Waals surface area contributed by atoms with Gasteiger partial charge in [0.1, 0.15) is 6.61 Å². The first kappa shape index (κ1) is 24.4. The molecule has 34 heavy (non-hydrogen) atoms. The first-order valence-electron chi connectivity index (χ1n) is 13.3. The maximum atomic E-state index is 13.2. The van der Waals surface area contributed by atoms with Crippen molar-refractivity contribution >= 4 is 11.5 Å². The Morgan fingerprint density at radius 1 is 1.15 bits per heavy atom. The van der Waals surface area contributed by atoms with Gasteiger partial charge >= 0.3 is 0 Å². The second-order valence-electron chi connectivity index (χ2n) is 12.2. The van der Waals surface area contributed by atoms with Crippen LogP contribution in [0.1, 0.15) is 72.1 Å². The van der Waals surface area contributed by atoms with E-state index < -0.39 is 28.6 Å². The van der Waals surface area contributed by atoms with Crippen molar-refractivity contribution in [2.45, 2.75) is 89.9 Å². The monoisotopic (exact) mass is 474 g/mol. The van der Waals surface area contributed by atoms with E-state index in [-0.39, 0.29) is 23.5 Å². The molecule has 0 radical (unpaired) electrons. The van der Waals surface area contributed by atoms with E-state index in [1.807, 2.05) is 6.92 Å². The van der Waals surface area contributed by atoms with Crippen LogP contribution in [0.2, 0.25) is 0 Å². The number of nitrogens with zero attached hydrogens (tertiary/aromatic N) is 2. The number of aliphatic hydroxyl groups is 3. The Labute approximate surface area is 203 Å². The molecule has 0 bridgehead atoms. The second-order valence-corrected chi connectivity index (χ2v) is 12.2. The van der Waals surface area contributed by atoms with Gasteiger partial charge < -0.3 is 20.2 Å². The normalized spacial score (nSPS) is 47.1. The molecule has 0 aromatic carbocycles. The summed E-state index contributed by atoms with van der Waals surface area (Å²) >= 11 is 0. The third kappa shape index (κ3) is 3.61. The van der Waals surface area contributed by atoms with Gasteiger partial charge in [-0.15, -0.1) is 0 Å². The van der Waals surface area contributed by atoms with Crippen LogP contribution in [0.5, 0.6) is 0 Å². The number of aliphatic hydroxyl groups excluding tert-OH is 2. The molecule has 4 fully saturated rings. The Balaban J connectivity index is 1.36. The lowest BCUT2D eigenvalue weighted by Crippen LogP contribution is -2.60. The molecule has 7 heteroatoms. The van der Waals surface area contributed by atoms with E-state index in [4.69, 9.17) is 4.84 Å². The number of allylic oxidation sites excluding steroid dienone is 1. The quantitative estimate of drug-likeness (QED) is 0.322. The van der Waals surface area contributed by atoms with E-state index in [0.29, 0.717) is 25.9 Å². The van der Waals surface area contributed by atoms with E-state index in [2.05, 4.69) is 23.9 Å². The molecule has 1 saturated heterocycles. The second kappa shape index (κ2) is 8.68. The van der Waals surface area contributed by atoms with Crippen LogP contribution in [-0.2, 0) is 9.63 Å². The lowest BCUT2D eigenvalue weighted by Gasteiger charge is -2.59. The van der Waals surface area contributed by atoms with E-state index in [1.165, 1.54) is 12.8 Å². The maximum Gasteiger partial charge on any atom is 0.159 e. The zero-order valence-electron chi connectivity index (χ0n) is 21.0. The van der Waals surface area contributed by atoms with Crippen molar-refractivity contribution in [2.24, 2.45) is 33.7 Å².